The number of ether oxygens (including phenoxy) is 1. The number of hydrogen-bond acceptors (Lipinski definition) is 3. The van der Waals surface area contributed by atoms with Crippen molar-refractivity contribution in [3.05, 3.63) is 35.4 Å². The Morgan fingerprint density at radius 2 is 2.16 bits per heavy atom. The topological polar surface area (TPSA) is 55.6 Å². The van der Waals surface area contributed by atoms with E-state index in [1.807, 2.05) is 17.0 Å². The quantitative estimate of drug-likeness (QED) is 0.814. The third-order valence-electron chi connectivity index (χ3n) is 3.62. The Balaban J connectivity index is 1.91. The Morgan fingerprint density at radius 1 is 1.42 bits per heavy atom. The van der Waals surface area contributed by atoms with Gasteiger partial charge in [0.2, 0.25) is 5.91 Å². The summed E-state index contributed by atoms with van der Waals surface area (Å²) in [4.78, 5) is 14.1. The minimum atomic E-state index is -0.402. The number of nitrogens with zero attached hydrogens (tertiary/aromatic N) is 1. The van der Waals surface area contributed by atoms with Crippen LogP contribution in [-0.2, 0) is 22.5 Å². The van der Waals surface area contributed by atoms with E-state index in [4.69, 9.17) is 10.5 Å². The fourth-order valence-electron chi connectivity index (χ4n) is 2.49. The molecule has 1 aromatic rings. The molecule has 1 aromatic carbocycles. The second-order valence-corrected chi connectivity index (χ2v) is 5.02. The van der Waals surface area contributed by atoms with Crippen molar-refractivity contribution in [2.45, 2.75) is 31.8 Å². The van der Waals surface area contributed by atoms with Crippen molar-refractivity contribution in [2.75, 3.05) is 20.3 Å². The lowest BCUT2D eigenvalue weighted by Gasteiger charge is -2.30. The summed E-state index contributed by atoms with van der Waals surface area (Å²) in [7, 11) is 1.66. The Bertz CT molecular complexity index is 434. The molecule has 0 spiro atoms. The van der Waals surface area contributed by atoms with Gasteiger partial charge in [0.1, 0.15) is 0 Å². The van der Waals surface area contributed by atoms with Crippen molar-refractivity contribution >= 4 is 5.91 Å². The van der Waals surface area contributed by atoms with E-state index in [1.54, 1.807) is 7.11 Å². The Kier molecular flexibility index (Phi) is 4.93. The number of amides is 1. The second-order valence-electron chi connectivity index (χ2n) is 5.02. The highest BCUT2D eigenvalue weighted by Gasteiger charge is 2.24. The molecule has 4 heteroatoms. The molecule has 1 heterocycles. The van der Waals surface area contributed by atoms with E-state index in [9.17, 15) is 4.79 Å². The molecule has 0 saturated heterocycles. The average Bonchev–Trinajstić information content (AvgIpc) is 2.46. The zero-order valence-electron chi connectivity index (χ0n) is 11.5. The lowest BCUT2D eigenvalue weighted by atomic mass is 9.99. The number of carbonyl (C=O) groups excluding carboxylic acids is 1. The van der Waals surface area contributed by atoms with Crippen LogP contribution in [-0.4, -0.2) is 37.1 Å². The summed E-state index contributed by atoms with van der Waals surface area (Å²) in [6.45, 7) is 2.12. The molecule has 0 saturated carbocycles. The molecule has 0 aliphatic carbocycles. The number of rotatable bonds is 5. The highest BCUT2D eigenvalue weighted by atomic mass is 16.5. The smallest absolute Gasteiger partial charge is 0.239 e. The minimum absolute atomic E-state index is 0.0607. The number of benzene rings is 1. The van der Waals surface area contributed by atoms with Gasteiger partial charge in [-0.3, -0.25) is 4.79 Å². The molecule has 1 unspecified atom stereocenters. The fraction of sp³-hybridized carbons (Fsp3) is 0.533. The largest absolute Gasteiger partial charge is 0.385 e. The predicted octanol–water partition coefficient (Wildman–Crippen LogP) is 1.33. The molecule has 1 aliphatic rings. The zero-order valence-corrected chi connectivity index (χ0v) is 11.5. The molecule has 2 rings (SSSR count). The van der Waals surface area contributed by atoms with Gasteiger partial charge in [0.25, 0.3) is 0 Å². The van der Waals surface area contributed by atoms with Gasteiger partial charge in [0.15, 0.2) is 0 Å². The van der Waals surface area contributed by atoms with Crippen LogP contribution in [0.3, 0.4) is 0 Å². The average molecular weight is 262 g/mol. The van der Waals surface area contributed by atoms with Gasteiger partial charge in [-0.05, 0) is 30.4 Å². The second kappa shape index (κ2) is 6.68. The van der Waals surface area contributed by atoms with Gasteiger partial charge in [-0.15, -0.1) is 0 Å². The van der Waals surface area contributed by atoms with Crippen LogP contribution in [0.1, 0.15) is 24.0 Å². The molecule has 0 fully saturated rings. The molecule has 1 aliphatic heterocycles. The lowest BCUT2D eigenvalue weighted by Crippen LogP contribution is -2.45. The van der Waals surface area contributed by atoms with Gasteiger partial charge in [0, 0.05) is 26.8 Å². The van der Waals surface area contributed by atoms with Crippen molar-refractivity contribution in [3.63, 3.8) is 0 Å². The summed E-state index contributed by atoms with van der Waals surface area (Å²) >= 11 is 0. The van der Waals surface area contributed by atoms with E-state index in [0.29, 0.717) is 19.6 Å². The van der Waals surface area contributed by atoms with Crippen LogP contribution < -0.4 is 5.73 Å². The molecule has 2 N–H and O–H groups in total. The summed E-state index contributed by atoms with van der Waals surface area (Å²) in [5, 5.41) is 0. The molecule has 0 radical (unpaired) electrons. The molecule has 0 bridgehead atoms. The fourth-order valence-corrected chi connectivity index (χ4v) is 2.49. The number of carbonyl (C=O) groups is 1. The molecule has 0 aromatic heterocycles. The number of nitrogens with two attached hydrogens (primary N) is 1. The first-order valence-corrected chi connectivity index (χ1v) is 6.82. The third kappa shape index (κ3) is 3.55. The molecular formula is C15H22N2O2. The van der Waals surface area contributed by atoms with Crippen LogP contribution in [0, 0.1) is 0 Å². The molecule has 1 atom stereocenters. The predicted molar refractivity (Wildman–Crippen MR) is 74.6 cm³/mol. The van der Waals surface area contributed by atoms with E-state index < -0.39 is 6.04 Å². The maximum atomic E-state index is 12.3. The summed E-state index contributed by atoms with van der Waals surface area (Å²) in [5.41, 5.74) is 8.55. The zero-order chi connectivity index (χ0) is 13.7. The first kappa shape index (κ1) is 14.0. The normalized spacial score (nSPS) is 16.0. The van der Waals surface area contributed by atoms with Crippen molar-refractivity contribution in [1.82, 2.24) is 4.90 Å². The van der Waals surface area contributed by atoms with Gasteiger partial charge >= 0.3 is 0 Å². The summed E-state index contributed by atoms with van der Waals surface area (Å²) < 4.78 is 4.98. The number of hydrogen-bond donors (Lipinski definition) is 1. The Labute approximate surface area is 114 Å². The molecule has 19 heavy (non-hydrogen) atoms. The van der Waals surface area contributed by atoms with Crippen molar-refractivity contribution in [2.24, 2.45) is 5.73 Å². The molecular weight excluding hydrogens is 240 g/mol. The van der Waals surface area contributed by atoms with E-state index in [0.717, 1.165) is 19.4 Å². The van der Waals surface area contributed by atoms with Crippen LogP contribution in [0.5, 0.6) is 0 Å². The van der Waals surface area contributed by atoms with E-state index in [1.165, 1.54) is 11.1 Å². The maximum absolute atomic E-state index is 12.3. The maximum Gasteiger partial charge on any atom is 0.239 e. The monoisotopic (exact) mass is 262 g/mol. The van der Waals surface area contributed by atoms with Crippen LogP contribution >= 0.6 is 0 Å². The summed E-state index contributed by atoms with van der Waals surface area (Å²) in [6.07, 6.45) is 2.44. The van der Waals surface area contributed by atoms with Crippen LogP contribution in [0.2, 0.25) is 0 Å². The number of fused-ring (bicyclic) bond motifs is 1. The first-order chi connectivity index (χ1) is 9.22. The number of methoxy groups -OCH3 is 1. The van der Waals surface area contributed by atoms with Gasteiger partial charge in [-0.1, -0.05) is 24.3 Å². The molecule has 104 valence electrons. The lowest BCUT2D eigenvalue weighted by molar-refractivity contribution is -0.133. The van der Waals surface area contributed by atoms with Crippen molar-refractivity contribution < 1.29 is 9.53 Å². The Hall–Kier alpha value is -1.39. The van der Waals surface area contributed by atoms with Gasteiger partial charge in [0.05, 0.1) is 6.04 Å². The minimum Gasteiger partial charge on any atom is -0.385 e. The van der Waals surface area contributed by atoms with E-state index in [2.05, 4.69) is 12.1 Å². The highest BCUT2D eigenvalue weighted by molar-refractivity contribution is 5.81. The first-order valence-electron chi connectivity index (χ1n) is 6.82. The van der Waals surface area contributed by atoms with Gasteiger partial charge in [-0.2, -0.15) is 0 Å². The third-order valence-corrected chi connectivity index (χ3v) is 3.62. The molecule has 4 nitrogen and oxygen atoms in total. The van der Waals surface area contributed by atoms with Crippen molar-refractivity contribution in [1.29, 1.82) is 0 Å². The standard InChI is InChI=1S/C15H22N2O2/c1-19-10-4-7-14(16)15(18)17-9-8-12-5-2-3-6-13(12)11-17/h2-3,5-6,14H,4,7-11,16H2,1H3. The van der Waals surface area contributed by atoms with Crippen LogP contribution in [0.15, 0.2) is 24.3 Å². The summed E-state index contributed by atoms with van der Waals surface area (Å²) in [6, 6.07) is 7.89. The SMILES string of the molecule is COCCCC(N)C(=O)N1CCc2ccccc2C1. The van der Waals surface area contributed by atoms with Crippen LogP contribution in [0.25, 0.3) is 0 Å². The van der Waals surface area contributed by atoms with Crippen molar-refractivity contribution in [3.8, 4) is 0 Å². The van der Waals surface area contributed by atoms with E-state index in [-0.39, 0.29) is 5.91 Å². The van der Waals surface area contributed by atoms with Gasteiger partial charge < -0.3 is 15.4 Å². The van der Waals surface area contributed by atoms with E-state index >= 15 is 0 Å². The Morgan fingerprint density at radius 3 is 2.89 bits per heavy atom. The summed E-state index contributed by atoms with van der Waals surface area (Å²) in [5.74, 6) is 0.0607. The highest BCUT2D eigenvalue weighted by Crippen LogP contribution is 2.19. The molecule has 1 amide bonds. The van der Waals surface area contributed by atoms with Gasteiger partial charge in [-0.25, -0.2) is 0 Å². The van der Waals surface area contributed by atoms with Crippen LogP contribution in [0.4, 0.5) is 0 Å².